The van der Waals surface area contributed by atoms with Crippen LogP contribution in [0, 0.1) is 0 Å². The predicted octanol–water partition coefficient (Wildman–Crippen LogP) is 3.08. The Morgan fingerprint density at radius 1 is 1.33 bits per heavy atom. The number of hydrogen-bond donors (Lipinski definition) is 0. The van der Waals surface area contributed by atoms with Crippen LogP contribution in [0.4, 0.5) is 0 Å². The molecule has 0 aromatic heterocycles. The van der Waals surface area contributed by atoms with Crippen LogP contribution in [0.2, 0.25) is 0 Å². The van der Waals surface area contributed by atoms with Crippen LogP contribution in [0.3, 0.4) is 0 Å². The third-order valence-electron chi connectivity index (χ3n) is 1.06. The smallest absolute Gasteiger partial charge is 0.0313 e. The second-order valence-electron chi connectivity index (χ2n) is 2.19. The van der Waals surface area contributed by atoms with E-state index in [1.54, 1.807) is 0 Å². The van der Waals surface area contributed by atoms with Crippen molar-refractivity contribution < 1.29 is 0 Å². The SMILES string of the molecule is C=C(C)C=CC(=C)CC. The lowest BCUT2D eigenvalue weighted by molar-refractivity contribution is 1.16. The van der Waals surface area contributed by atoms with Crippen LogP contribution < -0.4 is 0 Å². The Hall–Kier alpha value is -0.780. The van der Waals surface area contributed by atoms with Crippen molar-refractivity contribution in [2.24, 2.45) is 0 Å². The summed E-state index contributed by atoms with van der Waals surface area (Å²) in [5, 5.41) is 0. The first-order valence-corrected chi connectivity index (χ1v) is 3.18. The molecule has 0 saturated heterocycles. The van der Waals surface area contributed by atoms with Crippen molar-refractivity contribution in [3.63, 3.8) is 0 Å². The summed E-state index contributed by atoms with van der Waals surface area (Å²) < 4.78 is 0. The summed E-state index contributed by atoms with van der Waals surface area (Å²) in [6.07, 6.45) is 5.00. The monoisotopic (exact) mass is 122 g/mol. The van der Waals surface area contributed by atoms with Crippen LogP contribution in [-0.2, 0) is 0 Å². The maximum atomic E-state index is 3.82. The molecule has 0 amide bonds. The van der Waals surface area contributed by atoms with Gasteiger partial charge in [0.15, 0.2) is 0 Å². The van der Waals surface area contributed by atoms with Crippen LogP contribution in [-0.4, -0.2) is 0 Å². The Bertz CT molecular complexity index is 138. The summed E-state index contributed by atoms with van der Waals surface area (Å²) in [7, 11) is 0. The summed E-state index contributed by atoms with van der Waals surface area (Å²) >= 11 is 0. The maximum absolute atomic E-state index is 3.82. The number of hydrogen-bond acceptors (Lipinski definition) is 0. The highest BCUT2D eigenvalue weighted by Gasteiger charge is 1.79. The van der Waals surface area contributed by atoms with Gasteiger partial charge < -0.3 is 0 Å². The highest BCUT2D eigenvalue weighted by atomic mass is 13.9. The molecule has 0 spiro atoms. The molecular formula is C9H14. The first kappa shape index (κ1) is 8.22. The normalized spacial score (nSPS) is 10.0. The van der Waals surface area contributed by atoms with Crippen LogP contribution in [0.5, 0.6) is 0 Å². The predicted molar refractivity (Wildman–Crippen MR) is 43.4 cm³/mol. The second-order valence-corrected chi connectivity index (χ2v) is 2.19. The van der Waals surface area contributed by atoms with Gasteiger partial charge in [0.1, 0.15) is 0 Å². The molecule has 0 aliphatic carbocycles. The fourth-order valence-corrected chi connectivity index (χ4v) is 0.378. The molecular weight excluding hydrogens is 108 g/mol. The third-order valence-corrected chi connectivity index (χ3v) is 1.06. The van der Waals surface area contributed by atoms with E-state index in [1.807, 2.05) is 19.1 Å². The van der Waals surface area contributed by atoms with Gasteiger partial charge in [0.2, 0.25) is 0 Å². The van der Waals surface area contributed by atoms with Crippen molar-refractivity contribution >= 4 is 0 Å². The van der Waals surface area contributed by atoms with Crippen molar-refractivity contribution in [2.45, 2.75) is 20.3 Å². The summed E-state index contributed by atoms with van der Waals surface area (Å²) in [4.78, 5) is 0. The van der Waals surface area contributed by atoms with Crippen LogP contribution >= 0.6 is 0 Å². The molecule has 0 saturated carbocycles. The molecule has 0 aromatic carbocycles. The summed E-state index contributed by atoms with van der Waals surface area (Å²) in [6, 6.07) is 0. The molecule has 9 heavy (non-hydrogen) atoms. The van der Waals surface area contributed by atoms with Crippen LogP contribution in [0.1, 0.15) is 20.3 Å². The Balaban J connectivity index is 3.71. The largest absolute Gasteiger partial charge is 0.0961 e. The van der Waals surface area contributed by atoms with Gasteiger partial charge in [-0.3, -0.25) is 0 Å². The van der Waals surface area contributed by atoms with Crippen molar-refractivity contribution in [3.8, 4) is 0 Å². The standard InChI is InChI=1S/C9H14/c1-5-9(4)7-6-8(2)3/h6-7H,2,4-5H2,1,3H3. The second kappa shape index (κ2) is 4.13. The molecule has 0 bridgehead atoms. The molecule has 0 rings (SSSR count). The van der Waals surface area contributed by atoms with Gasteiger partial charge in [0.25, 0.3) is 0 Å². The third kappa shape index (κ3) is 5.09. The minimum Gasteiger partial charge on any atom is -0.0961 e. The Kier molecular flexibility index (Phi) is 3.78. The molecule has 0 fully saturated rings. The van der Waals surface area contributed by atoms with Crippen LogP contribution in [0.25, 0.3) is 0 Å². The highest BCUT2D eigenvalue weighted by Crippen LogP contribution is 2.00. The molecule has 0 heteroatoms. The molecule has 50 valence electrons. The molecule has 0 aliphatic heterocycles. The lowest BCUT2D eigenvalue weighted by Gasteiger charge is -1.89. The maximum Gasteiger partial charge on any atom is -0.0313 e. The van der Waals surface area contributed by atoms with E-state index < -0.39 is 0 Å². The van der Waals surface area contributed by atoms with E-state index >= 15 is 0 Å². The van der Waals surface area contributed by atoms with Crippen molar-refractivity contribution in [1.82, 2.24) is 0 Å². The number of allylic oxidation sites excluding steroid dienone is 4. The minimum absolute atomic E-state index is 1.02. The molecule has 0 heterocycles. The lowest BCUT2D eigenvalue weighted by atomic mass is 10.2. The fraction of sp³-hybridized carbons (Fsp3) is 0.333. The van der Waals surface area contributed by atoms with Gasteiger partial charge in [-0.1, -0.05) is 43.4 Å². The summed E-state index contributed by atoms with van der Waals surface area (Å²) in [6.45, 7) is 11.6. The molecule has 0 aliphatic rings. The Morgan fingerprint density at radius 2 is 1.89 bits per heavy atom. The zero-order valence-electron chi connectivity index (χ0n) is 6.28. The van der Waals surface area contributed by atoms with Gasteiger partial charge in [-0.2, -0.15) is 0 Å². The molecule has 0 nitrogen and oxygen atoms in total. The van der Waals surface area contributed by atoms with Gasteiger partial charge >= 0.3 is 0 Å². The topological polar surface area (TPSA) is 0 Å². The van der Waals surface area contributed by atoms with Crippen molar-refractivity contribution in [2.75, 3.05) is 0 Å². The lowest BCUT2D eigenvalue weighted by Crippen LogP contribution is -1.69. The fourth-order valence-electron chi connectivity index (χ4n) is 0.378. The van der Waals surface area contributed by atoms with Gasteiger partial charge in [-0.15, -0.1) is 0 Å². The van der Waals surface area contributed by atoms with E-state index in [1.165, 1.54) is 0 Å². The van der Waals surface area contributed by atoms with E-state index in [0.29, 0.717) is 0 Å². The average molecular weight is 122 g/mol. The number of rotatable bonds is 3. The molecule has 0 radical (unpaired) electrons. The van der Waals surface area contributed by atoms with E-state index in [-0.39, 0.29) is 0 Å². The van der Waals surface area contributed by atoms with Gasteiger partial charge in [0, 0.05) is 0 Å². The van der Waals surface area contributed by atoms with Crippen LogP contribution in [0.15, 0.2) is 36.5 Å². The Morgan fingerprint density at radius 3 is 2.22 bits per heavy atom. The molecule has 0 atom stereocenters. The van der Waals surface area contributed by atoms with E-state index in [9.17, 15) is 0 Å². The minimum atomic E-state index is 1.02. The summed E-state index contributed by atoms with van der Waals surface area (Å²) in [5.74, 6) is 0. The van der Waals surface area contributed by atoms with Gasteiger partial charge in [-0.25, -0.2) is 0 Å². The quantitative estimate of drug-likeness (QED) is 0.504. The van der Waals surface area contributed by atoms with Gasteiger partial charge in [0.05, 0.1) is 0 Å². The molecule has 0 aromatic rings. The molecule has 0 N–H and O–H groups in total. The average Bonchev–Trinajstić information content (AvgIpc) is 1.83. The van der Waals surface area contributed by atoms with E-state index in [2.05, 4.69) is 20.1 Å². The van der Waals surface area contributed by atoms with Crippen molar-refractivity contribution in [1.29, 1.82) is 0 Å². The summed E-state index contributed by atoms with van der Waals surface area (Å²) in [5.41, 5.74) is 2.22. The van der Waals surface area contributed by atoms with Crippen molar-refractivity contribution in [3.05, 3.63) is 36.5 Å². The van der Waals surface area contributed by atoms with E-state index in [4.69, 9.17) is 0 Å². The molecule has 0 unspecified atom stereocenters. The zero-order chi connectivity index (χ0) is 7.28. The highest BCUT2D eigenvalue weighted by molar-refractivity contribution is 5.22. The first-order chi connectivity index (χ1) is 4.16. The zero-order valence-corrected chi connectivity index (χ0v) is 6.28. The first-order valence-electron chi connectivity index (χ1n) is 3.18. The van der Waals surface area contributed by atoms with E-state index in [0.717, 1.165) is 17.6 Å². The Labute approximate surface area is 57.6 Å². The van der Waals surface area contributed by atoms with Gasteiger partial charge in [-0.05, 0) is 13.3 Å².